The molecule has 1 fully saturated rings. The summed E-state index contributed by atoms with van der Waals surface area (Å²) in [7, 11) is 0. The molecule has 2 aliphatic heterocycles. The number of hydrogen-bond acceptors (Lipinski definition) is 5. The van der Waals surface area contributed by atoms with E-state index in [0.29, 0.717) is 31.0 Å². The largest absolute Gasteiger partial charge is 0.417 e. The molecule has 4 rings (SSSR count). The van der Waals surface area contributed by atoms with E-state index in [-0.39, 0.29) is 23.5 Å². The number of nitrogens with one attached hydrogen (secondary N) is 3. The molecule has 3 N–H and O–H groups in total. The summed E-state index contributed by atoms with van der Waals surface area (Å²) in [5, 5.41) is 4.38. The summed E-state index contributed by atoms with van der Waals surface area (Å²) in [5.41, 5.74) is -1.89. The van der Waals surface area contributed by atoms with Crippen LogP contribution in [0.15, 0.2) is 23.0 Å². The molecule has 1 aromatic carbocycles. The number of H-pyrrole nitrogens is 1. The minimum atomic E-state index is -4.71. The molecule has 1 aromatic heterocycles. The van der Waals surface area contributed by atoms with Crippen LogP contribution in [0.1, 0.15) is 43.2 Å². The molecule has 2 amide bonds. The molecule has 0 spiro atoms. The summed E-state index contributed by atoms with van der Waals surface area (Å²) in [6.45, 7) is 3.48. The third-order valence-corrected chi connectivity index (χ3v) is 6.08. The van der Waals surface area contributed by atoms with Gasteiger partial charge in [0.05, 0.1) is 22.1 Å². The van der Waals surface area contributed by atoms with Crippen LogP contribution < -0.4 is 21.1 Å². The zero-order chi connectivity index (χ0) is 23.9. The molecule has 0 saturated carbocycles. The number of carbonyl (C=O) groups excluding carboxylic acids is 2. The van der Waals surface area contributed by atoms with Gasteiger partial charge in [0.1, 0.15) is 5.82 Å². The van der Waals surface area contributed by atoms with Gasteiger partial charge in [0.15, 0.2) is 0 Å². The van der Waals surface area contributed by atoms with Crippen molar-refractivity contribution < 1.29 is 22.8 Å². The van der Waals surface area contributed by atoms with E-state index in [2.05, 4.69) is 27.5 Å². The summed E-state index contributed by atoms with van der Waals surface area (Å²) < 4.78 is 39.4. The second kappa shape index (κ2) is 8.69. The Morgan fingerprint density at radius 1 is 1.30 bits per heavy atom. The third-order valence-electron chi connectivity index (χ3n) is 5.75. The number of hydrogen-bond donors (Lipinski definition) is 3. The average Bonchev–Trinajstić information content (AvgIpc) is 2.73. The van der Waals surface area contributed by atoms with Crippen molar-refractivity contribution in [3.63, 3.8) is 0 Å². The van der Waals surface area contributed by atoms with Crippen molar-refractivity contribution in [3.05, 3.63) is 44.7 Å². The standard InChI is InChI=1S/C21H21ClF3N5O3/c1-10-3-2-6-30(9-10)20-28-17-16(19(33)29-20)12(8-15(31)27-17)18(32)26-11-4-5-14(22)13(7-11)21(23,24)25/h4-5,7,10,12H,2-3,6,8-9H2,1H3,(H,26,32)(H2,27,28,29,31,33)/t10-,12-/m1/s1. The fourth-order valence-electron chi connectivity index (χ4n) is 4.16. The molecular weight excluding hydrogens is 463 g/mol. The number of piperidine rings is 1. The SMILES string of the molecule is C[C@@H]1CCCN(c2nc3c(c(=O)[nH]2)[C@H](C(=O)Nc2ccc(Cl)c(C(F)(F)F)c2)CC(=O)N3)C1. The lowest BCUT2D eigenvalue weighted by atomic mass is 9.92. The van der Waals surface area contributed by atoms with Gasteiger partial charge in [-0.15, -0.1) is 0 Å². The zero-order valence-corrected chi connectivity index (χ0v) is 18.3. The molecule has 176 valence electrons. The van der Waals surface area contributed by atoms with E-state index in [1.807, 2.05) is 4.90 Å². The highest BCUT2D eigenvalue weighted by Crippen LogP contribution is 2.37. The number of aromatic amines is 1. The topological polar surface area (TPSA) is 107 Å². The molecule has 0 radical (unpaired) electrons. The van der Waals surface area contributed by atoms with E-state index < -0.39 is 40.1 Å². The molecule has 12 heteroatoms. The number of nitrogens with zero attached hydrogens (tertiary/aromatic N) is 2. The lowest BCUT2D eigenvalue weighted by molar-refractivity contribution is -0.137. The average molecular weight is 484 g/mol. The summed E-state index contributed by atoms with van der Waals surface area (Å²) >= 11 is 5.62. The van der Waals surface area contributed by atoms with Gasteiger partial charge in [0, 0.05) is 25.2 Å². The number of halogens is 4. The van der Waals surface area contributed by atoms with Crippen LogP contribution >= 0.6 is 11.6 Å². The van der Waals surface area contributed by atoms with Gasteiger partial charge >= 0.3 is 6.18 Å². The quantitative estimate of drug-likeness (QED) is 0.616. The molecule has 33 heavy (non-hydrogen) atoms. The predicted molar refractivity (Wildman–Crippen MR) is 117 cm³/mol. The Labute approximate surface area is 191 Å². The smallest absolute Gasteiger partial charge is 0.342 e. The Morgan fingerprint density at radius 3 is 2.76 bits per heavy atom. The minimum absolute atomic E-state index is 0.0181. The third kappa shape index (κ3) is 4.82. The predicted octanol–water partition coefficient (Wildman–Crippen LogP) is 3.74. The fraction of sp³-hybridized carbons (Fsp3) is 0.429. The number of carbonyl (C=O) groups is 2. The number of rotatable bonds is 3. The van der Waals surface area contributed by atoms with Gasteiger partial charge in [-0.05, 0) is 37.0 Å². The van der Waals surface area contributed by atoms with Crippen LogP contribution in [0.25, 0.3) is 0 Å². The van der Waals surface area contributed by atoms with Gasteiger partial charge in [-0.3, -0.25) is 19.4 Å². The molecule has 8 nitrogen and oxygen atoms in total. The van der Waals surface area contributed by atoms with Crippen molar-refractivity contribution in [3.8, 4) is 0 Å². The molecule has 0 aliphatic carbocycles. The Morgan fingerprint density at radius 2 is 2.06 bits per heavy atom. The number of benzene rings is 1. The number of alkyl halides is 3. The minimum Gasteiger partial charge on any atom is -0.342 e. The Kier molecular flexibility index (Phi) is 6.08. The van der Waals surface area contributed by atoms with Gasteiger partial charge in [0.25, 0.3) is 5.56 Å². The maximum atomic E-state index is 13.1. The van der Waals surface area contributed by atoms with E-state index in [1.165, 1.54) is 6.07 Å². The second-order valence-corrected chi connectivity index (χ2v) is 8.74. The van der Waals surface area contributed by atoms with Crippen molar-refractivity contribution in [2.45, 2.75) is 38.3 Å². The summed E-state index contributed by atoms with van der Waals surface area (Å²) in [6, 6.07) is 2.93. The lowest BCUT2D eigenvalue weighted by Crippen LogP contribution is -2.40. The zero-order valence-electron chi connectivity index (χ0n) is 17.6. The second-order valence-electron chi connectivity index (χ2n) is 8.33. The first-order valence-electron chi connectivity index (χ1n) is 10.4. The van der Waals surface area contributed by atoms with Crippen molar-refractivity contribution in [2.75, 3.05) is 28.6 Å². The highest BCUT2D eigenvalue weighted by atomic mass is 35.5. The van der Waals surface area contributed by atoms with Crippen LogP contribution in [0, 0.1) is 5.92 Å². The molecule has 0 unspecified atom stereocenters. The van der Waals surface area contributed by atoms with Crippen LogP contribution in [-0.4, -0.2) is 34.9 Å². The first-order valence-corrected chi connectivity index (χ1v) is 10.8. The van der Waals surface area contributed by atoms with E-state index in [4.69, 9.17) is 11.6 Å². The van der Waals surface area contributed by atoms with Gasteiger partial charge < -0.3 is 15.5 Å². The van der Waals surface area contributed by atoms with Crippen LogP contribution in [0.4, 0.5) is 30.6 Å². The van der Waals surface area contributed by atoms with E-state index >= 15 is 0 Å². The molecule has 2 aromatic rings. The maximum absolute atomic E-state index is 13.1. The number of anilines is 3. The lowest BCUT2D eigenvalue weighted by Gasteiger charge is -2.32. The van der Waals surface area contributed by atoms with Gasteiger partial charge in [-0.1, -0.05) is 18.5 Å². The highest BCUT2D eigenvalue weighted by molar-refractivity contribution is 6.31. The Balaban J connectivity index is 1.63. The Hall–Kier alpha value is -3.08. The van der Waals surface area contributed by atoms with Crippen LogP contribution in [0.5, 0.6) is 0 Å². The molecule has 1 saturated heterocycles. The maximum Gasteiger partial charge on any atom is 0.417 e. The fourth-order valence-corrected chi connectivity index (χ4v) is 4.39. The molecular formula is C21H21ClF3N5O3. The van der Waals surface area contributed by atoms with Crippen molar-refractivity contribution in [2.24, 2.45) is 5.92 Å². The molecule has 2 aliphatic rings. The highest BCUT2D eigenvalue weighted by Gasteiger charge is 2.37. The monoisotopic (exact) mass is 483 g/mol. The van der Waals surface area contributed by atoms with Gasteiger partial charge in [-0.2, -0.15) is 18.2 Å². The number of amides is 2. The van der Waals surface area contributed by atoms with Crippen molar-refractivity contribution in [1.29, 1.82) is 0 Å². The Bertz CT molecular complexity index is 1170. The number of fused-ring (bicyclic) bond motifs is 1. The van der Waals surface area contributed by atoms with Gasteiger partial charge in [-0.25, -0.2) is 0 Å². The van der Waals surface area contributed by atoms with E-state index in [1.54, 1.807) is 0 Å². The first-order chi connectivity index (χ1) is 15.5. The van der Waals surface area contributed by atoms with Crippen LogP contribution in [-0.2, 0) is 15.8 Å². The van der Waals surface area contributed by atoms with Crippen LogP contribution in [0.2, 0.25) is 5.02 Å². The first kappa shape index (κ1) is 23.1. The summed E-state index contributed by atoms with van der Waals surface area (Å²) in [4.78, 5) is 47.0. The molecule has 3 heterocycles. The summed E-state index contributed by atoms with van der Waals surface area (Å²) in [5.74, 6) is -1.84. The number of aromatic nitrogens is 2. The molecule has 0 bridgehead atoms. The van der Waals surface area contributed by atoms with Gasteiger partial charge in [0.2, 0.25) is 17.8 Å². The van der Waals surface area contributed by atoms with Crippen molar-refractivity contribution in [1.82, 2.24) is 9.97 Å². The molecule has 2 atom stereocenters. The summed E-state index contributed by atoms with van der Waals surface area (Å²) in [6.07, 6.45) is -3.06. The van der Waals surface area contributed by atoms with E-state index in [0.717, 1.165) is 18.9 Å². The van der Waals surface area contributed by atoms with Crippen molar-refractivity contribution >= 4 is 40.9 Å². The van der Waals surface area contributed by atoms with Crippen LogP contribution in [0.3, 0.4) is 0 Å². The normalized spacial score (nSPS) is 20.8. The van der Waals surface area contributed by atoms with E-state index in [9.17, 15) is 27.6 Å².